The van der Waals surface area contributed by atoms with Gasteiger partial charge in [-0.3, -0.25) is 0 Å². The van der Waals surface area contributed by atoms with Gasteiger partial charge >= 0.3 is 0 Å². The Hall–Kier alpha value is -1.96. The first-order chi connectivity index (χ1) is 9.04. The number of hydrogen-bond acceptors (Lipinski definition) is 2. The second kappa shape index (κ2) is 5.79. The first-order valence-corrected chi connectivity index (χ1v) is 6.57. The van der Waals surface area contributed by atoms with Crippen molar-refractivity contribution in [2.75, 3.05) is 19.0 Å². The summed E-state index contributed by atoms with van der Waals surface area (Å²) in [5.74, 6) is 0.970. The van der Waals surface area contributed by atoms with Crippen molar-refractivity contribution in [2.24, 2.45) is 0 Å². The number of nitrogens with zero attached hydrogens (tertiary/aromatic N) is 1. The van der Waals surface area contributed by atoms with Crippen LogP contribution in [0.2, 0.25) is 0 Å². The van der Waals surface area contributed by atoms with E-state index in [1.807, 2.05) is 21.0 Å². The zero-order chi connectivity index (χ0) is 13.8. The second-order valence-electron chi connectivity index (χ2n) is 5.06. The molecular formula is C17H21NO. The van der Waals surface area contributed by atoms with Crippen LogP contribution < -0.4 is 4.90 Å². The molecule has 0 N–H and O–H groups in total. The maximum absolute atomic E-state index is 5.56. The molecule has 2 rings (SSSR count). The summed E-state index contributed by atoms with van der Waals surface area (Å²) in [6.45, 7) is 4.04. The van der Waals surface area contributed by atoms with Crippen molar-refractivity contribution in [1.29, 1.82) is 0 Å². The molecule has 1 aliphatic rings. The fraction of sp³-hybridized carbons (Fsp3) is 0.294. The van der Waals surface area contributed by atoms with Crippen molar-refractivity contribution in [3.8, 4) is 0 Å². The molecule has 2 heteroatoms. The van der Waals surface area contributed by atoms with E-state index >= 15 is 0 Å². The molecule has 0 aliphatic carbocycles. The topological polar surface area (TPSA) is 12.5 Å². The largest absolute Gasteiger partial charge is 0.491 e. The first kappa shape index (κ1) is 13.5. The molecule has 0 amide bonds. The maximum Gasteiger partial charge on any atom is 0.114 e. The van der Waals surface area contributed by atoms with Gasteiger partial charge in [-0.25, -0.2) is 0 Å². The average Bonchev–Trinajstić information content (AvgIpc) is 2.36. The summed E-state index contributed by atoms with van der Waals surface area (Å²) in [5.41, 5.74) is 3.62. The predicted octanol–water partition coefficient (Wildman–Crippen LogP) is 4.01. The molecule has 0 unspecified atom stereocenters. The van der Waals surface area contributed by atoms with Crippen LogP contribution in [0, 0.1) is 0 Å². The van der Waals surface area contributed by atoms with Crippen LogP contribution >= 0.6 is 0 Å². The van der Waals surface area contributed by atoms with Crippen molar-refractivity contribution in [3.63, 3.8) is 0 Å². The summed E-state index contributed by atoms with van der Waals surface area (Å²) < 4.78 is 5.56. The molecule has 1 aromatic carbocycles. The highest BCUT2D eigenvalue weighted by atomic mass is 16.5. The van der Waals surface area contributed by atoms with E-state index in [0.29, 0.717) is 0 Å². The van der Waals surface area contributed by atoms with Crippen LogP contribution in [0.4, 0.5) is 5.69 Å². The number of benzene rings is 1. The van der Waals surface area contributed by atoms with Crippen LogP contribution in [0.25, 0.3) is 6.08 Å². The van der Waals surface area contributed by atoms with E-state index in [-0.39, 0.29) is 6.10 Å². The zero-order valence-electron chi connectivity index (χ0n) is 12.1. The fourth-order valence-corrected chi connectivity index (χ4v) is 2.09. The summed E-state index contributed by atoms with van der Waals surface area (Å²) in [6.07, 6.45) is 8.60. The number of rotatable bonds is 3. The molecule has 0 bridgehead atoms. The number of ether oxygens (including phenoxy) is 1. The average molecular weight is 255 g/mol. The standard InChI is InChI=1S/C17H21NO/c1-13-11-16(12-14(2)19-13)6-5-15-7-9-17(10-8-15)18(3)4/h5-13H,1-4H3/b6-5+/t13-/m1/s1. The van der Waals surface area contributed by atoms with E-state index in [4.69, 9.17) is 4.74 Å². The Morgan fingerprint density at radius 3 is 2.37 bits per heavy atom. The normalized spacial score (nSPS) is 18.8. The van der Waals surface area contributed by atoms with Gasteiger partial charge in [-0.1, -0.05) is 24.3 Å². The van der Waals surface area contributed by atoms with Crippen LogP contribution in [0.5, 0.6) is 0 Å². The highest BCUT2D eigenvalue weighted by Crippen LogP contribution is 2.18. The van der Waals surface area contributed by atoms with Crippen molar-refractivity contribution in [3.05, 3.63) is 59.4 Å². The third-order valence-electron chi connectivity index (χ3n) is 3.05. The number of allylic oxidation sites excluding steroid dienone is 4. The second-order valence-corrected chi connectivity index (χ2v) is 5.06. The summed E-state index contributed by atoms with van der Waals surface area (Å²) in [5, 5.41) is 0. The van der Waals surface area contributed by atoms with Gasteiger partial charge in [0.15, 0.2) is 0 Å². The predicted molar refractivity (Wildman–Crippen MR) is 82.2 cm³/mol. The van der Waals surface area contributed by atoms with Crippen LogP contribution in [-0.2, 0) is 4.74 Å². The van der Waals surface area contributed by atoms with Crippen molar-refractivity contribution in [2.45, 2.75) is 20.0 Å². The van der Waals surface area contributed by atoms with Gasteiger partial charge in [0.2, 0.25) is 0 Å². The monoisotopic (exact) mass is 255 g/mol. The molecule has 1 aromatic rings. The quantitative estimate of drug-likeness (QED) is 0.809. The molecular weight excluding hydrogens is 234 g/mol. The Bertz CT molecular complexity index is 521. The Labute approximate surface area is 115 Å². The summed E-state index contributed by atoms with van der Waals surface area (Å²) in [6, 6.07) is 8.51. The Morgan fingerprint density at radius 2 is 1.79 bits per heavy atom. The smallest absolute Gasteiger partial charge is 0.114 e. The zero-order valence-corrected chi connectivity index (χ0v) is 12.1. The van der Waals surface area contributed by atoms with Gasteiger partial charge in [0, 0.05) is 19.8 Å². The van der Waals surface area contributed by atoms with E-state index < -0.39 is 0 Å². The third kappa shape index (κ3) is 3.75. The maximum atomic E-state index is 5.56. The molecule has 0 aromatic heterocycles. The lowest BCUT2D eigenvalue weighted by atomic mass is 10.1. The van der Waals surface area contributed by atoms with E-state index in [9.17, 15) is 0 Å². The first-order valence-electron chi connectivity index (χ1n) is 6.57. The Balaban J connectivity index is 2.10. The Morgan fingerprint density at radius 1 is 1.11 bits per heavy atom. The van der Waals surface area contributed by atoms with E-state index in [2.05, 4.69) is 60.4 Å². The molecule has 19 heavy (non-hydrogen) atoms. The minimum atomic E-state index is 0.153. The van der Waals surface area contributed by atoms with E-state index in [0.717, 1.165) is 5.76 Å². The SMILES string of the molecule is CC1=CC(/C=C/c2ccc(N(C)C)cc2)=C[C@@H](C)O1. The molecule has 1 atom stereocenters. The number of hydrogen-bond donors (Lipinski definition) is 0. The van der Waals surface area contributed by atoms with Gasteiger partial charge in [0.25, 0.3) is 0 Å². The lowest BCUT2D eigenvalue weighted by Gasteiger charge is -2.17. The molecule has 1 aliphatic heterocycles. The summed E-state index contributed by atoms with van der Waals surface area (Å²) >= 11 is 0. The van der Waals surface area contributed by atoms with Crippen LogP contribution in [0.15, 0.2) is 53.8 Å². The van der Waals surface area contributed by atoms with Crippen molar-refractivity contribution in [1.82, 2.24) is 0 Å². The van der Waals surface area contributed by atoms with Gasteiger partial charge < -0.3 is 9.64 Å². The van der Waals surface area contributed by atoms with Gasteiger partial charge in [0.1, 0.15) is 6.10 Å². The molecule has 0 fully saturated rings. The molecule has 0 radical (unpaired) electrons. The summed E-state index contributed by atoms with van der Waals surface area (Å²) in [4.78, 5) is 2.10. The van der Waals surface area contributed by atoms with Crippen LogP contribution in [-0.4, -0.2) is 20.2 Å². The third-order valence-corrected chi connectivity index (χ3v) is 3.05. The molecule has 2 nitrogen and oxygen atoms in total. The molecule has 1 heterocycles. The van der Waals surface area contributed by atoms with Crippen LogP contribution in [0.1, 0.15) is 19.4 Å². The van der Waals surface area contributed by atoms with Crippen LogP contribution in [0.3, 0.4) is 0 Å². The van der Waals surface area contributed by atoms with Crippen molar-refractivity contribution >= 4 is 11.8 Å². The highest BCUT2D eigenvalue weighted by molar-refractivity contribution is 5.58. The highest BCUT2D eigenvalue weighted by Gasteiger charge is 2.06. The lowest BCUT2D eigenvalue weighted by molar-refractivity contribution is 0.167. The van der Waals surface area contributed by atoms with E-state index in [1.165, 1.54) is 16.8 Å². The van der Waals surface area contributed by atoms with E-state index in [1.54, 1.807) is 0 Å². The minimum absolute atomic E-state index is 0.153. The fourth-order valence-electron chi connectivity index (χ4n) is 2.09. The van der Waals surface area contributed by atoms with Gasteiger partial charge in [-0.05, 0) is 49.3 Å². The van der Waals surface area contributed by atoms with Gasteiger partial charge in [-0.2, -0.15) is 0 Å². The number of anilines is 1. The van der Waals surface area contributed by atoms with Crippen molar-refractivity contribution < 1.29 is 4.74 Å². The molecule has 100 valence electrons. The lowest BCUT2D eigenvalue weighted by Crippen LogP contribution is -2.08. The van der Waals surface area contributed by atoms with Gasteiger partial charge in [-0.15, -0.1) is 0 Å². The van der Waals surface area contributed by atoms with Gasteiger partial charge in [0.05, 0.1) is 5.76 Å². The molecule has 0 saturated heterocycles. The minimum Gasteiger partial charge on any atom is -0.491 e. The Kier molecular flexibility index (Phi) is 4.10. The summed E-state index contributed by atoms with van der Waals surface area (Å²) in [7, 11) is 4.10. The molecule has 0 spiro atoms. The molecule has 0 saturated carbocycles.